The molecule has 27 heavy (non-hydrogen) atoms. The minimum atomic E-state index is -0.435. The Morgan fingerprint density at radius 3 is 2.44 bits per heavy atom. The van der Waals surface area contributed by atoms with E-state index >= 15 is 0 Å². The normalized spacial score (nSPS) is 11.6. The van der Waals surface area contributed by atoms with Gasteiger partial charge in [0.25, 0.3) is 0 Å². The van der Waals surface area contributed by atoms with Crippen molar-refractivity contribution in [3.05, 3.63) is 77.0 Å². The second-order valence-corrected chi connectivity index (χ2v) is 7.00. The molecule has 0 saturated carbocycles. The second kappa shape index (κ2) is 8.64. The minimum Gasteiger partial charge on any atom is -0.326 e. The Bertz CT molecular complexity index is 923. The van der Waals surface area contributed by atoms with Crippen LogP contribution in [0.1, 0.15) is 18.5 Å². The predicted molar refractivity (Wildman–Crippen MR) is 108 cm³/mol. The van der Waals surface area contributed by atoms with Crippen molar-refractivity contribution in [2.45, 2.75) is 19.4 Å². The van der Waals surface area contributed by atoms with Gasteiger partial charge in [-0.2, -0.15) is 5.10 Å². The van der Waals surface area contributed by atoms with Crippen LogP contribution in [0, 0.1) is 0 Å². The Morgan fingerprint density at radius 1 is 1.07 bits per heavy atom. The summed E-state index contributed by atoms with van der Waals surface area (Å²) in [5.41, 5.74) is 2.16. The summed E-state index contributed by atoms with van der Waals surface area (Å²) < 4.78 is 2.55. The minimum absolute atomic E-state index is 0.120. The van der Waals surface area contributed by atoms with Gasteiger partial charge in [0.2, 0.25) is 11.8 Å². The summed E-state index contributed by atoms with van der Waals surface area (Å²) in [6.45, 7) is 1.77. The first-order chi connectivity index (χ1) is 13.0. The van der Waals surface area contributed by atoms with Crippen molar-refractivity contribution < 1.29 is 9.59 Å². The van der Waals surface area contributed by atoms with Crippen LogP contribution >= 0.6 is 15.9 Å². The number of hydrogen-bond donors (Lipinski definition) is 2. The van der Waals surface area contributed by atoms with Gasteiger partial charge in [-0.15, -0.1) is 0 Å². The van der Waals surface area contributed by atoms with Crippen molar-refractivity contribution >= 4 is 39.1 Å². The van der Waals surface area contributed by atoms with Gasteiger partial charge in [0.05, 0.1) is 6.42 Å². The second-order valence-electron chi connectivity index (χ2n) is 6.08. The Labute approximate surface area is 165 Å². The highest BCUT2D eigenvalue weighted by Crippen LogP contribution is 2.18. The summed E-state index contributed by atoms with van der Waals surface area (Å²) in [7, 11) is 0. The molecule has 6 nitrogen and oxygen atoms in total. The van der Waals surface area contributed by atoms with Crippen molar-refractivity contribution in [3.8, 4) is 0 Å². The van der Waals surface area contributed by atoms with Crippen LogP contribution in [0.4, 0.5) is 11.4 Å². The molecule has 0 fully saturated rings. The summed E-state index contributed by atoms with van der Waals surface area (Å²) >= 11 is 3.38. The van der Waals surface area contributed by atoms with Crippen molar-refractivity contribution in [2.24, 2.45) is 0 Å². The molecule has 0 saturated heterocycles. The molecule has 0 aliphatic carbocycles. The lowest BCUT2D eigenvalue weighted by Crippen LogP contribution is -2.24. The van der Waals surface area contributed by atoms with Gasteiger partial charge < -0.3 is 10.6 Å². The Kier molecular flexibility index (Phi) is 6.03. The van der Waals surface area contributed by atoms with Crippen molar-refractivity contribution in [3.63, 3.8) is 0 Å². The highest BCUT2D eigenvalue weighted by atomic mass is 79.9. The molecule has 2 amide bonds. The molecule has 7 heteroatoms. The predicted octanol–water partition coefficient (Wildman–Crippen LogP) is 4.03. The van der Waals surface area contributed by atoms with Crippen molar-refractivity contribution in [1.82, 2.24) is 9.78 Å². The molecule has 138 valence electrons. The van der Waals surface area contributed by atoms with Gasteiger partial charge in [-0.05, 0) is 48.9 Å². The molecule has 0 spiro atoms. The molecule has 1 atom stereocenters. The number of amides is 2. The topological polar surface area (TPSA) is 76.0 Å². The molecule has 2 N–H and O–H groups in total. The molecule has 0 aliphatic heterocycles. The average Bonchev–Trinajstić information content (AvgIpc) is 3.18. The zero-order chi connectivity index (χ0) is 19.2. The first-order valence-electron chi connectivity index (χ1n) is 8.45. The number of nitrogens with one attached hydrogen (secondary N) is 2. The molecular formula is C20H19BrN4O2. The van der Waals surface area contributed by atoms with E-state index in [0.717, 1.165) is 10.0 Å². The molecule has 0 radical (unpaired) electrons. The maximum atomic E-state index is 12.3. The van der Waals surface area contributed by atoms with Gasteiger partial charge >= 0.3 is 0 Å². The van der Waals surface area contributed by atoms with Crippen LogP contribution in [0.3, 0.4) is 0 Å². The molecule has 3 rings (SSSR count). The zero-order valence-corrected chi connectivity index (χ0v) is 16.3. The number of halogens is 1. The third-order valence-corrected chi connectivity index (χ3v) is 4.52. The number of benzene rings is 2. The summed E-state index contributed by atoms with van der Waals surface area (Å²) in [4.78, 5) is 24.6. The lowest BCUT2D eigenvalue weighted by atomic mass is 10.1. The van der Waals surface area contributed by atoms with E-state index in [9.17, 15) is 9.59 Å². The fourth-order valence-corrected chi connectivity index (χ4v) is 2.81. The SMILES string of the molecule is C[C@@H](C(=O)Nc1cccc(NC(=O)Cc2ccc(Br)cc2)c1)n1cccn1. The molecule has 1 aromatic heterocycles. The van der Waals surface area contributed by atoms with Gasteiger partial charge in [-0.3, -0.25) is 14.3 Å². The molecule has 0 bridgehead atoms. The number of carbonyl (C=O) groups is 2. The van der Waals surface area contributed by atoms with Crippen LogP contribution in [0.5, 0.6) is 0 Å². The van der Waals surface area contributed by atoms with Crippen LogP contribution in [0.25, 0.3) is 0 Å². The average molecular weight is 427 g/mol. The van der Waals surface area contributed by atoms with Crippen molar-refractivity contribution in [2.75, 3.05) is 10.6 Å². The first kappa shape index (κ1) is 18.8. The fraction of sp³-hybridized carbons (Fsp3) is 0.150. The number of anilines is 2. The molecule has 0 aliphatic rings. The number of carbonyl (C=O) groups excluding carboxylic acids is 2. The monoisotopic (exact) mass is 426 g/mol. The molecule has 2 aromatic carbocycles. The van der Waals surface area contributed by atoms with E-state index < -0.39 is 6.04 Å². The standard InChI is InChI=1S/C20H19BrN4O2/c1-14(25-11-3-10-22-25)20(27)24-18-5-2-4-17(13-18)23-19(26)12-15-6-8-16(21)9-7-15/h2-11,13-14H,12H2,1H3,(H,23,26)(H,24,27)/t14-/m0/s1. The smallest absolute Gasteiger partial charge is 0.248 e. The number of aromatic nitrogens is 2. The number of nitrogens with zero attached hydrogens (tertiary/aromatic N) is 2. The van der Waals surface area contributed by atoms with Crippen LogP contribution in [-0.4, -0.2) is 21.6 Å². The van der Waals surface area contributed by atoms with Gasteiger partial charge in [0.15, 0.2) is 0 Å². The summed E-state index contributed by atoms with van der Waals surface area (Å²) in [5.74, 6) is -0.303. The Morgan fingerprint density at radius 2 is 1.78 bits per heavy atom. The molecule has 3 aromatic rings. The van der Waals surface area contributed by atoms with Crippen LogP contribution in [-0.2, 0) is 16.0 Å². The number of hydrogen-bond acceptors (Lipinski definition) is 3. The van der Waals surface area contributed by atoms with Crippen LogP contribution < -0.4 is 10.6 Å². The maximum Gasteiger partial charge on any atom is 0.248 e. The van der Waals surface area contributed by atoms with E-state index in [4.69, 9.17) is 0 Å². The van der Waals surface area contributed by atoms with Crippen molar-refractivity contribution in [1.29, 1.82) is 0 Å². The Hall–Kier alpha value is -2.93. The van der Waals surface area contributed by atoms with Crippen LogP contribution in [0.2, 0.25) is 0 Å². The molecule has 1 heterocycles. The third kappa shape index (κ3) is 5.27. The fourth-order valence-electron chi connectivity index (χ4n) is 2.54. The molecular weight excluding hydrogens is 408 g/mol. The summed E-state index contributed by atoms with van der Waals surface area (Å²) in [6, 6.07) is 16.0. The lowest BCUT2D eigenvalue weighted by Gasteiger charge is -2.13. The van der Waals surface area contributed by atoms with E-state index in [1.165, 1.54) is 0 Å². The van der Waals surface area contributed by atoms with Gasteiger partial charge in [-0.25, -0.2) is 0 Å². The highest BCUT2D eigenvalue weighted by Gasteiger charge is 2.15. The highest BCUT2D eigenvalue weighted by molar-refractivity contribution is 9.10. The summed E-state index contributed by atoms with van der Waals surface area (Å²) in [5, 5.41) is 9.78. The van der Waals surface area contributed by atoms with E-state index in [2.05, 4.69) is 31.7 Å². The number of rotatable bonds is 6. The van der Waals surface area contributed by atoms with E-state index in [-0.39, 0.29) is 18.2 Å². The Balaban J connectivity index is 1.60. The maximum absolute atomic E-state index is 12.3. The van der Waals surface area contributed by atoms with E-state index in [1.807, 2.05) is 24.3 Å². The largest absolute Gasteiger partial charge is 0.326 e. The first-order valence-corrected chi connectivity index (χ1v) is 9.25. The van der Waals surface area contributed by atoms with Gasteiger partial charge in [-0.1, -0.05) is 34.1 Å². The molecule has 0 unspecified atom stereocenters. The van der Waals surface area contributed by atoms with Gasteiger partial charge in [0, 0.05) is 28.2 Å². The zero-order valence-electron chi connectivity index (χ0n) is 14.7. The lowest BCUT2D eigenvalue weighted by molar-refractivity contribution is -0.119. The third-order valence-electron chi connectivity index (χ3n) is 3.99. The van der Waals surface area contributed by atoms with Crippen LogP contribution in [0.15, 0.2) is 71.5 Å². The summed E-state index contributed by atoms with van der Waals surface area (Å²) in [6.07, 6.45) is 3.65. The van der Waals surface area contributed by atoms with Gasteiger partial charge in [0.1, 0.15) is 6.04 Å². The van der Waals surface area contributed by atoms with E-state index in [1.54, 1.807) is 54.3 Å². The van der Waals surface area contributed by atoms with E-state index in [0.29, 0.717) is 11.4 Å². The quantitative estimate of drug-likeness (QED) is 0.624.